The maximum atomic E-state index is 12.3. The van der Waals surface area contributed by atoms with Gasteiger partial charge >= 0.3 is 0 Å². The Bertz CT molecular complexity index is 249. The van der Waals surface area contributed by atoms with Crippen LogP contribution in [0.2, 0.25) is 0 Å². The van der Waals surface area contributed by atoms with E-state index in [-0.39, 0.29) is 0 Å². The van der Waals surface area contributed by atoms with Gasteiger partial charge in [0, 0.05) is 11.8 Å². The fraction of sp³-hybridized carbons (Fsp3) is 0. The Labute approximate surface area is 56.8 Å². The van der Waals surface area contributed by atoms with Gasteiger partial charge in [-0.1, -0.05) is 5.16 Å². The van der Waals surface area contributed by atoms with E-state index < -0.39 is 5.82 Å². The summed E-state index contributed by atoms with van der Waals surface area (Å²) in [4.78, 5) is 3.53. The van der Waals surface area contributed by atoms with Crippen LogP contribution >= 0.6 is 0 Å². The third kappa shape index (κ3) is 1.51. The molecule has 3 nitrogen and oxygen atoms in total. The minimum absolute atomic E-state index is 0.433. The lowest BCUT2D eigenvalue weighted by atomic mass is 10.3. The predicted molar refractivity (Wildman–Crippen MR) is 33.6 cm³/mol. The van der Waals surface area contributed by atoms with E-state index in [1.807, 2.05) is 0 Å². The third-order valence-corrected chi connectivity index (χ3v) is 0.933. The lowest BCUT2D eigenvalue weighted by molar-refractivity contribution is 0.322. The Kier molecular flexibility index (Phi) is 1.94. The highest BCUT2D eigenvalue weighted by Gasteiger charge is 1.90. The second kappa shape index (κ2) is 2.91. The second-order valence-electron chi connectivity index (χ2n) is 1.68. The van der Waals surface area contributed by atoms with Crippen molar-refractivity contribution in [2.24, 2.45) is 5.16 Å². The summed E-state index contributed by atoms with van der Waals surface area (Å²) < 4.78 is 12.3. The fourth-order valence-corrected chi connectivity index (χ4v) is 0.566. The Hall–Kier alpha value is -1.45. The molecule has 0 spiro atoms. The van der Waals surface area contributed by atoms with Crippen molar-refractivity contribution in [3.05, 3.63) is 29.8 Å². The molecule has 0 fully saturated rings. The minimum Gasteiger partial charge on any atom is -0.411 e. The summed E-state index contributed by atoms with van der Waals surface area (Å²) in [7, 11) is 0. The summed E-state index contributed by atoms with van der Waals surface area (Å²) in [5.41, 5.74) is 0.433. The molecule has 1 aromatic rings. The molecule has 4 heteroatoms. The molecule has 0 atom stereocenters. The van der Waals surface area contributed by atoms with Gasteiger partial charge in [0.25, 0.3) is 0 Å². The molecule has 10 heavy (non-hydrogen) atoms. The van der Waals surface area contributed by atoms with E-state index >= 15 is 0 Å². The van der Waals surface area contributed by atoms with E-state index in [4.69, 9.17) is 5.21 Å². The molecular formula is C6H5FN2O. The van der Waals surface area contributed by atoms with Crippen LogP contribution in [0.3, 0.4) is 0 Å². The number of hydrogen-bond acceptors (Lipinski definition) is 3. The Morgan fingerprint density at radius 1 is 1.60 bits per heavy atom. The summed E-state index contributed by atoms with van der Waals surface area (Å²) >= 11 is 0. The zero-order valence-electron chi connectivity index (χ0n) is 5.03. The zero-order chi connectivity index (χ0) is 7.40. The maximum absolute atomic E-state index is 12.3. The van der Waals surface area contributed by atoms with Crippen molar-refractivity contribution in [1.29, 1.82) is 0 Å². The Morgan fingerprint density at radius 3 is 3.00 bits per heavy atom. The van der Waals surface area contributed by atoms with Crippen molar-refractivity contribution in [1.82, 2.24) is 4.98 Å². The van der Waals surface area contributed by atoms with Crippen LogP contribution in [0, 0.1) is 5.82 Å². The normalized spacial score (nSPS) is 10.5. The molecule has 1 aromatic heterocycles. The molecule has 0 unspecified atom stereocenters. The highest BCUT2D eigenvalue weighted by atomic mass is 19.1. The summed E-state index contributed by atoms with van der Waals surface area (Å²) in [6.45, 7) is 0. The zero-order valence-corrected chi connectivity index (χ0v) is 5.03. The summed E-state index contributed by atoms with van der Waals surface area (Å²) in [6, 6.07) is 1.21. The molecule has 0 aliphatic heterocycles. The number of nitrogens with zero attached hydrogens (tertiary/aromatic N) is 2. The number of halogens is 1. The number of oxime groups is 1. The molecule has 1 rings (SSSR count). The number of pyridine rings is 1. The predicted octanol–water partition coefficient (Wildman–Crippen LogP) is 1.03. The van der Waals surface area contributed by atoms with Crippen molar-refractivity contribution < 1.29 is 9.60 Å². The first-order valence-electron chi connectivity index (χ1n) is 2.61. The van der Waals surface area contributed by atoms with Crippen molar-refractivity contribution in [3.63, 3.8) is 0 Å². The lowest BCUT2D eigenvalue weighted by Gasteiger charge is -1.88. The molecule has 1 N–H and O–H groups in total. The minimum atomic E-state index is -0.447. The summed E-state index contributed by atoms with van der Waals surface area (Å²) in [6.07, 6.45) is 3.58. The molecule has 0 bridgehead atoms. The molecule has 1 heterocycles. The van der Waals surface area contributed by atoms with E-state index in [1.54, 1.807) is 0 Å². The first-order chi connectivity index (χ1) is 4.83. The largest absolute Gasteiger partial charge is 0.411 e. The molecule has 52 valence electrons. The van der Waals surface area contributed by atoms with Crippen molar-refractivity contribution in [2.45, 2.75) is 0 Å². The Balaban J connectivity index is 2.95. The molecule has 0 saturated carbocycles. The molecule has 0 aliphatic carbocycles. The highest BCUT2D eigenvalue weighted by Crippen LogP contribution is 1.96. The van der Waals surface area contributed by atoms with Crippen LogP contribution in [-0.2, 0) is 0 Å². The van der Waals surface area contributed by atoms with Gasteiger partial charge in [-0.15, -0.1) is 0 Å². The van der Waals surface area contributed by atoms with E-state index in [9.17, 15) is 4.39 Å². The third-order valence-electron chi connectivity index (χ3n) is 0.933. The number of aromatic nitrogens is 1. The average Bonchev–Trinajstić information content (AvgIpc) is 1.88. The van der Waals surface area contributed by atoms with Crippen LogP contribution in [0.15, 0.2) is 23.6 Å². The van der Waals surface area contributed by atoms with E-state index in [1.165, 1.54) is 12.3 Å². The molecule has 0 saturated heterocycles. The number of hydrogen-bond donors (Lipinski definition) is 1. The topological polar surface area (TPSA) is 45.5 Å². The van der Waals surface area contributed by atoms with Gasteiger partial charge in [-0.05, 0) is 6.07 Å². The molecular weight excluding hydrogens is 135 g/mol. The SMILES string of the molecule is ON=Cc1cncc(F)c1. The van der Waals surface area contributed by atoms with E-state index in [0.717, 1.165) is 12.4 Å². The van der Waals surface area contributed by atoms with Gasteiger partial charge in [-0.3, -0.25) is 4.98 Å². The summed E-state index contributed by atoms with van der Waals surface area (Å²) in [5.74, 6) is -0.447. The van der Waals surface area contributed by atoms with Crippen molar-refractivity contribution in [2.75, 3.05) is 0 Å². The van der Waals surface area contributed by atoms with Crippen LogP contribution < -0.4 is 0 Å². The van der Waals surface area contributed by atoms with Crippen LogP contribution in [0.5, 0.6) is 0 Å². The van der Waals surface area contributed by atoms with Gasteiger partial charge in [0.05, 0.1) is 12.4 Å². The Morgan fingerprint density at radius 2 is 2.40 bits per heavy atom. The fourth-order valence-electron chi connectivity index (χ4n) is 0.566. The monoisotopic (exact) mass is 140 g/mol. The van der Waals surface area contributed by atoms with Crippen LogP contribution in [0.4, 0.5) is 4.39 Å². The van der Waals surface area contributed by atoms with Crippen LogP contribution in [0.1, 0.15) is 5.56 Å². The van der Waals surface area contributed by atoms with Crippen LogP contribution in [0.25, 0.3) is 0 Å². The molecule has 0 aliphatic rings. The average molecular weight is 140 g/mol. The molecule has 0 amide bonds. The summed E-state index contributed by atoms with van der Waals surface area (Å²) in [5, 5.41) is 10.7. The standard InChI is InChI=1S/C6H5FN2O/c7-6-1-5(3-9-10)2-8-4-6/h1-4,10H. The van der Waals surface area contributed by atoms with Gasteiger partial charge in [0.15, 0.2) is 0 Å². The van der Waals surface area contributed by atoms with Crippen molar-refractivity contribution >= 4 is 6.21 Å². The van der Waals surface area contributed by atoms with Gasteiger partial charge in [0.1, 0.15) is 5.82 Å². The maximum Gasteiger partial charge on any atom is 0.142 e. The quantitative estimate of drug-likeness (QED) is 0.359. The first-order valence-corrected chi connectivity index (χ1v) is 2.61. The second-order valence-corrected chi connectivity index (χ2v) is 1.68. The van der Waals surface area contributed by atoms with Gasteiger partial charge in [-0.25, -0.2) is 4.39 Å². The van der Waals surface area contributed by atoms with Crippen LogP contribution in [-0.4, -0.2) is 16.4 Å². The number of rotatable bonds is 1. The smallest absolute Gasteiger partial charge is 0.142 e. The van der Waals surface area contributed by atoms with Crippen molar-refractivity contribution in [3.8, 4) is 0 Å². The molecule has 0 aromatic carbocycles. The van der Waals surface area contributed by atoms with Gasteiger partial charge < -0.3 is 5.21 Å². The van der Waals surface area contributed by atoms with E-state index in [2.05, 4.69) is 10.1 Å². The lowest BCUT2D eigenvalue weighted by Crippen LogP contribution is -1.84. The van der Waals surface area contributed by atoms with E-state index in [0.29, 0.717) is 5.56 Å². The first kappa shape index (κ1) is 6.67. The van der Waals surface area contributed by atoms with Gasteiger partial charge in [-0.2, -0.15) is 0 Å². The molecule has 0 radical (unpaired) electrons. The highest BCUT2D eigenvalue weighted by molar-refractivity contribution is 5.78. The van der Waals surface area contributed by atoms with Gasteiger partial charge in [0.2, 0.25) is 0 Å².